The number of phenolic OH excluding ortho intramolecular Hbond substituents is 1. The van der Waals surface area contributed by atoms with E-state index in [1.807, 2.05) is 30.3 Å². The third-order valence-electron chi connectivity index (χ3n) is 3.76. The van der Waals surface area contributed by atoms with Gasteiger partial charge in [-0.15, -0.1) is 0 Å². The van der Waals surface area contributed by atoms with Gasteiger partial charge in [0.1, 0.15) is 11.6 Å². The molecule has 3 aromatic rings. The SMILES string of the molecule is Oc1cc(Br)ccc1-c1nc2ccc(Cl)cc2n1C1CC1. The maximum atomic E-state index is 10.2. The number of fused-ring (bicyclic) bond motifs is 1. The second kappa shape index (κ2) is 4.75. The van der Waals surface area contributed by atoms with Crippen LogP contribution in [-0.2, 0) is 0 Å². The lowest BCUT2D eigenvalue weighted by Gasteiger charge is -2.09. The Labute approximate surface area is 135 Å². The van der Waals surface area contributed by atoms with Crippen molar-refractivity contribution in [1.82, 2.24) is 9.55 Å². The lowest BCUT2D eigenvalue weighted by atomic mass is 10.2. The Morgan fingerprint density at radius 2 is 2.00 bits per heavy atom. The Bertz CT molecular complexity index is 855. The van der Waals surface area contributed by atoms with Crippen molar-refractivity contribution in [3.63, 3.8) is 0 Å². The van der Waals surface area contributed by atoms with E-state index in [4.69, 9.17) is 16.6 Å². The van der Waals surface area contributed by atoms with Crippen molar-refractivity contribution in [3.05, 3.63) is 45.9 Å². The maximum absolute atomic E-state index is 10.2. The fourth-order valence-electron chi connectivity index (χ4n) is 2.65. The first-order valence-electron chi connectivity index (χ1n) is 6.80. The molecule has 0 atom stereocenters. The third kappa shape index (κ3) is 2.23. The van der Waals surface area contributed by atoms with E-state index in [9.17, 15) is 5.11 Å². The average molecular weight is 364 g/mol. The molecule has 21 heavy (non-hydrogen) atoms. The highest BCUT2D eigenvalue weighted by atomic mass is 79.9. The molecular formula is C16H12BrClN2O. The van der Waals surface area contributed by atoms with Crippen LogP contribution < -0.4 is 0 Å². The van der Waals surface area contributed by atoms with Crippen LogP contribution in [0.1, 0.15) is 18.9 Å². The highest BCUT2D eigenvalue weighted by Crippen LogP contribution is 2.43. The molecular weight excluding hydrogens is 352 g/mol. The lowest BCUT2D eigenvalue weighted by molar-refractivity contribution is 0.476. The van der Waals surface area contributed by atoms with Crippen LogP contribution in [0, 0.1) is 0 Å². The van der Waals surface area contributed by atoms with Gasteiger partial charge < -0.3 is 9.67 Å². The van der Waals surface area contributed by atoms with Crippen molar-refractivity contribution in [2.24, 2.45) is 0 Å². The summed E-state index contributed by atoms with van der Waals surface area (Å²) < 4.78 is 3.05. The van der Waals surface area contributed by atoms with E-state index in [1.54, 1.807) is 6.07 Å². The molecule has 1 aliphatic carbocycles. The predicted octanol–water partition coefficient (Wildman–Crippen LogP) is 5.16. The number of nitrogens with zero attached hydrogens (tertiary/aromatic N) is 2. The van der Waals surface area contributed by atoms with Crippen molar-refractivity contribution in [2.75, 3.05) is 0 Å². The Balaban J connectivity index is 2.01. The first kappa shape index (κ1) is 13.2. The number of rotatable bonds is 2. The molecule has 0 amide bonds. The number of hydrogen-bond donors (Lipinski definition) is 1. The van der Waals surface area contributed by atoms with E-state index in [0.717, 1.165) is 39.7 Å². The van der Waals surface area contributed by atoms with E-state index in [2.05, 4.69) is 20.5 Å². The van der Waals surface area contributed by atoms with Crippen LogP contribution in [-0.4, -0.2) is 14.7 Å². The number of imidazole rings is 1. The molecule has 1 heterocycles. The number of hydrogen-bond acceptors (Lipinski definition) is 2. The number of benzene rings is 2. The monoisotopic (exact) mass is 362 g/mol. The Kier molecular flexibility index (Phi) is 2.98. The molecule has 0 spiro atoms. The summed E-state index contributed by atoms with van der Waals surface area (Å²) >= 11 is 9.49. The number of halogens is 2. The number of aromatic hydroxyl groups is 1. The van der Waals surface area contributed by atoms with Gasteiger partial charge in [-0.1, -0.05) is 27.5 Å². The van der Waals surface area contributed by atoms with Crippen LogP contribution in [0.2, 0.25) is 5.02 Å². The first-order valence-corrected chi connectivity index (χ1v) is 7.97. The number of aromatic nitrogens is 2. The van der Waals surface area contributed by atoms with Gasteiger partial charge in [-0.2, -0.15) is 0 Å². The minimum absolute atomic E-state index is 0.229. The Morgan fingerprint density at radius 3 is 2.71 bits per heavy atom. The van der Waals surface area contributed by atoms with Gasteiger partial charge in [0.05, 0.1) is 16.6 Å². The fraction of sp³-hybridized carbons (Fsp3) is 0.188. The maximum Gasteiger partial charge on any atom is 0.145 e. The highest BCUT2D eigenvalue weighted by Gasteiger charge is 2.29. The fourth-order valence-corrected chi connectivity index (χ4v) is 3.17. The van der Waals surface area contributed by atoms with Crippen molar-refractivity contribution in [3.8, 4) is 17.1 Å². The van der Waals surface area contributed by atoms with Gasteiger partial charge in [0.15, 0.2) is 0 Å². The van der Waals surface area contributed by atoms with Crippen LogP contribution in [0.15, 0.2) is 40.9 Å². The highest BCUT2D eigenvalue weighted by molar-refractivity contribution is 9.10. The topological polar surface area (TPSA) is 38.1 Å². The predicted molar refractivity (Wildman–Crippen MR) is 87.8 cm³/mol. The molecule has 0 saturated heterocycles. The van der Waals surface area contributed by atoms with Crippen LogP contribution in [0.25, 0.3) is 22.4 Å². The molecule has 1 N–H and O–H groups in total. The largest absolute Gasteiger partial charge is 0.507 e. The van der Waals surface area contributed by atoms with Gasteiger partial charge in [0.25, 0.3) is 0 Å². The average Bonchev–Trinajstić information content (AvgIpc) is 3.20. The van der Waals surface area contributed by atoms with Crippen molar-refractivity contribution in [1.29, 1.82) is 0 Å². The molecule has 0 radical (unpaired) electrons. The first-order chi connectivity index (χ1) is 10.1. The summed E-state index contributed by atoms with van der Waals surface area (Å²) in [5.74, 6) is 1.03. The summed E-state index contributed by atoms with van der Waals surface area (Å²) in [7, 11) is 0. The molecule has 3 nitrogen and oxygen atoms in total. The van der Waals surface area contributed by atoms with Crippen LogP contribution in [0.5, 0.6) is 5.75 Å². The van der Waals surface area contributed by atoms with E-state index in [1.165, 1.54) is 0 Å². The normalized spacial score (nSPS) is 14.8. The van der Waals surface area contributed by atoms with E-state index in [0.29, 0.717) is 11.1 Å². The third-order valence-corrected chi connectivity index (χ3v) is 4.49. The molecule has 1 fully saturated rings. The van der Waals surface area contributed by atoms with E-state index >= 15 is 0 Å². The van der Waals surface area contributed by atoms with Gasteiger partial charge >= 0.3 is 0 Å². The Hall–Kier alpha value is -1.52. The van der Waals surface area contributed by atoms with Gasteiger partial charge in [0.2, 0.25) is 0 Å². The molecule has 2 aromatic carbocycles. The van der Waals surface area contributed by atoms with Gasteiger partial charge in [-0.25, -0.2) is 4.98 Å². The molecule has 106 valence electrons. The second-order valence-electron chi connectivity index (χ2n) is 5.33. The second-order valence-corrected chi connectivity index (χ2v) is 6.68. The molecule has 1 saturated carbocycles. The zero-order chi connectivity index (χ0) is 14.6. The summed E-state index contributed by atoms with van der Waals surface area (Å²) in [5.41, 5.74) is 2.68. The molecule has 1 aromatic heterocycles. The van der Waals surface area contributed by atoms with E-state index < -0.39 is 0 Å². The summed E-state index contributed by atoms with van der Waals surface area (Å²) in [6.45, 7) is 0. The summed E-state index contributed by atoms with van der Waals surface area (Å²) in [6, 6.07) is 11.7. The standard InChI is InChI=1S/C16H12BrClN2O/c17-9-1-5-12(15(21)7-9)16-19-13-6-2-10(18)8-14(13)20(16)11-3-4-11/h1-2,5-8,11,21H,3-4H2. The minimum atomic E-state index is 0.229. The smallest absolute Gasteiger partial charge is 0.145 e. The summed E-state index contributed by atoms with van der Waals surface area (Å²) in [4.78, 5) is 4.70. The molecule has 5 heteroatoms. The lowest BCUT2D eigenvalue weighted by Crippen LogP contribution is -1.97. The van der Waals surface area contributed by atoms with Crippen LogP contribution in [0.4, 0.5) is 0 Å². The summed E-state index contributed by atoms with van der Waals surface area (Å²) in [5, 5.41) is 10.9. The summed E-state index contributed by atoms with van der Waals surface area (Å²) in [6.07, 6.45) is 2.28. The minimum Gasteiger partial charge on any atom is -0.507 e. The zero-order valence-electron chi connectivity index (χ0n) is 11.1. The van der Waals surface area contributed by atoms with E-state index in [-0.39, 0.29) is 5.75 Å². The molecule has 0 bridgehead atoms. The van der Waals surface area contributed by atoms with Crippen LogP contribution in [0.3, 0.4) is 0 Å². The quantitative estimate of drug-likeness (QED) is 0.683. The molecule has 1 aliphatic rings. The van der Waals surface area contributed by atoms with Gasteiger partial charge in [0, 0.05) is 15.5 Å². The molecule has 0 aliphatic heterocycles. The Morgan fingerprint density at radius 1 is 1.19 bits per heavy atom. The van der Waals surface area contributed by atoms with Gasteiger partial charge in [-0.3, -0.25) is 0 Å². The molecule has 4 rings (SSSR count). The molecule has 0 unspecified atom stereocenters. The van der Waals surface area contributed by atoms with Crippen molar-refractivity contribution in [2.45, 2.75) is 18.9 Å². The zero-order valence-corrected chi connectivity index (χ0v) is 13.4. The van der Waals surface area contributed by atoms with Gasteiger partial charge in [-0.05, 0) is 49.2 Å². The van der Waals surface area contributed by atoms with Crippen LogP contribution >= 0.6 is 27.5 Å². The number of phenols is 1. The van der Waals surface area contributed by atoms with Crippen molar-refractivity contribution < 1.29 is 5.11 Å². The van der Waals surface area contributed by atoms with Crippen molar-refractivity contribution >= 4 is 38.6 Å².